The second-order valence-electron chi connectivity index (χ2n) is 2.72. The second kappa shape index (κ2) is 4.16. The second-order valence-corrected chi connectivity index (χ2v) is 3.88. The molecule has 0 radical (unpaired) electrons. The van der Waals surface area contributed by atoms with Gasteiger partial charge in [0.1, 0.15) is 0 Å². The van der Waals surface area contributed by atoms with Gasteiger partial charge >= 0.3 is 0 Å². The summed E-state index contributed by atoms with van der Waals surface area (Å²) >= 11 is 2.39. The number of rotatable bonds is 1. The quantitative estimate of drug-likeness (QED) is 0.618. The minimum atomic E-state index is 1.31. The first-order valence-corrected chi connectivity index (χ1v) is 4.92. The first-order chi connectivity index (χ1) is 4.84. The topological polar surface area (TPSA) is 0 Å². The first kappa shape index (κ1) is 8.31. The Bertz CT molecular complexity index is 148. The van der Waals surface area contributed by atoms with Gasteiger partial charge in [-0.1, -0.05) is 24.6 Å². The molecule has 0 N–H and O–H groups in total. The number of halogens is 1. The molecule has 0 saturated heterocycles. The van der Waals surface area contributed by atoms with Crippen LogP contribution in [0, 0.1) is 0 Å². The highest BCUT2D eigenvalue weighted by Crippen LogP contribution is 2.28. The summed E-state index contributed by atoms with van der Waals surface area (Å²) in [7, 11) is 0. The van der Waals surface area contributed by atoms with E-state index in [1.807, 2.05) is 6.08 Å². The van der Waals surface area contributed by atoms with Crippen molar-refractivity contribution in [2.75, 3.05) is 0 Å². The van der Waals surface area contributed by atoms with E-state index >= 15 is 0 Å². The summed E-state index contributed by atoms with van der Waals surface area (Å²) in [6.07, 6.45) is 8.78. The fraction of sp³-hybridized carbons (Fsp3) is 0.556. The van der Waals surface area contributed by atoms with Gasteiger partial charge in [-0.15, -0.1) is 0 Å². The van der Waals surface area contributed by atoms with Gasteiger partial charge in [-0.25, -0.2) is 0 Å². The number of hydrogen-bond donors (Lipinski definition) is 0. The highest BCUT2D eigenvalue weighted by Gasteiger charge is 2.06. The smallest absolute Gasteiger partial charge is 0.0116 e. The van der Waals surface area contributed by atoms with Crippen molar-refractivity contribution < 1.29 is 0 Å². The molecule has 1 aliphatic carbocycles. The van der Waals surface area contributed by atoms with Crippen molar-refractivity contribution in [3.63, 3.8) is 0 Å². The SMILES string of the molecule is C=CC(I)=C1CCCCC1. The van der Waals surface area contributed by atoms with Gasteiger partial charge in [-0.2, -0.15) is 0 Å². The Morgan fingerprint density at radius 2 is 1.90 bits per heavy atom. The summed E-state index contributed by atoms with van der Waals surface area (Å²) < 4.78 is 1.39. The minimum Gasteiger partial charge on any atom is -0.0980 e. The molecule has 0 aromatic carbocycles. The lowest BCUT2D eigenvalue weighted by Crippen LogP contribution is -1.94. The lowest BCUT2D eigenvalue weighted by Gasteiger charge is -2.14. The van der Waals surface area contributed by atoms with E-state index < -0.39 is 0 Å². The van der Waals surface area contributed by atoms with Crippen molar-refractivity contribution in [1.29, 1.82) is 0 Å². The van der Waals surface area contributed by atoms with Crippen molar-refractivity contribution in [3.05, 3.63) is 21.8 Å². The highest BCUT2D eigenvalue weighted by atomic mass is 127. The van der Waals surface area contributed by atoms with Crippen LogP contribution in [0.4, 0.5) is 0 Å². The van der Waals surface area contributed by atoms with Crippen LogP contribution in [0.15, 0.2) is 21.8 Å². The van der Waals surface area contributed by atoms with Gasteiger partial charge in [0, 0.05) is 3.58 Å². The average molecular weight is 248 g/mol. The third kappa shape index (κ3) is 2.11. The first-order valence-electron chi connectivity index (χ1n) is 3.84. The van der Waals surface area contributed by atoms with E-state index in [9.17, 15) is 0 Å². The van der Waals surface area contributed by atoms with E-state index in [4.69, 9.17) is 0 Å². The Morgan fingerprint density at radius 1 is 1.30 bits per heavy atom. The van der Waals surface area contributed by atoms with E-state index in [1.165, 1.54) is 35.7 Å². The zero-order chi connectivity index (χ0) is 7.40. The van der Waals surface area contributed by atoms with E-state index in [-0.39, 0.29) is 0 Å². The van der Waals surface area contributed by atoms with Gasteiger partial charge in [0.05, 0.1) is 0 Å². The molecule has 10 heavy (non-hydrogen) atoms. The van der Waals surface area contributed by atoms with Gasteiger partial charge in [0.25, 0.3) is 0 Å². The Morgan fingerprint density at radius 3 is 2.40 bits per heavy atom. The maximum Gasteiger partial charge on any atom is 0.0116 e. The summed E-state index contributed by atoms with van der Waals surface area (Å²) in [4.78, 5) is 0. The summed E-state index contributed by atoms with van der Waals surface area (Å²) in [5.41, 5.74) is 1.63. The number of hydrogen-bond acceptors (Lipinski definition) is 0. The van der Waals surface area contributed by atoms with Crippen LogP contribution in [0.25, 0.3) is 0 Å². The minimum absolute atomic E-state index is 1.31. The Balaban J connectivity index is 2.59. The van der Waals surface area contributed by atoms with E-state index in [0.717, 1.165) is 0 Å². The van der Waals surface area contributed by atoms with Crippen molar-refractivity contribution in [2.45, 2.75) is 32.1 Å². The van der Waals surface area contributed by atoms with Crippen LogP contribution in [0.3, 0.4) is 0 Å². The lowest BCUT2D eigenvalue weighted by atomic mass is 9.95. The molecule has 0 amide bonds. The number of allylic oxidation sites excluding steroid dienone is 3. The van der Waals surface area contributed by atoms with Crippen molar-refractivity contribution in [2.24, 2.45) is 0 Å². The monoisotopic (exact) mass is 248 g/mol. The third-order valence-electron chi connectivity index (χ3n) is 1.97. The molecule has 0 aromatic rings. The normalized spacial score (nSPS) is 18.7. The van der Waals surface area contributed by atoms with Crippen LogP contribution in [-0.2, 0) is 0 Å². The molecule has 56 valence electrons. The van der Waals surface area contributed by atoms with Crippen LogP contribution in [0.2, 0.25) is 0 Å². The predicted octanol–water partition coefficient (Wildman–Crippen LogP) is 3.83. The third-order valence-corrected chi connectivity index (χ3v) is 3.18. The molecule has 1 aliphatic rings. The molecule has 1 fully saturated rings. The van der Waals surface area contributed by atoms with Crippen LogP contribution in [-0.4, -0.2) is 0 Å². The van der Waals surface area contributed by atoms with Gasteiger partial charge < -0.3 is 0 Å². The summed E-state index contributed by atoms with van der Waals surface area (Å²) in [6, 6.07) is 0. The molecular weight excluding hydrogens is 235 g/mol. The Hall–Kier alpha value is 0.210. The predicted molar refractivity (Wildman–Crippen MR) is 54.3 cm³/mol. The maximum absolute atomic E-state index is 3.77. The van der Waals surface area contributed by atoms with Crippen LogP contribution in [0.5, 0.6) is 0 Å². The summed E-state index contributed by atoms with van der Waals surface area (Å²) in [5.74, 6) is 0. The van der Waals surface area contributed by atoms with Gasteiger partial charge in [-0.3, -0.25) is 0 Å². The van der Waals surface area contributed by atoms with Gasteiger partial charge in [-0.05, 0) is 48.3 Å². The Kier molecular flexibility index (Phi) is 3.46. The van der Waals surface area contributed by atoms with E-state index in [1.54, 1.807) is 5.57 Å². The van der Waals surface area contributed by atoms with Crippen LogP contribution >= 0.6 is 22.6 Å². The standard InChI is InChI=1S/C9H13I/c1-2-9(10)8-6-4-3-5-7-8/h2H,1,3-7H2. The highest BCUT2D eigenvalue weighted by molar-refractivity contribution is 14.1. The van der Waals surface area contributed by atoms with Crippen LogP contribution in [0.1, 0.15) is 32.1 Å². The van der Waals surface area contributed by atoms with Gasteiger partial charge in [0.15, 0.2) is 0 Å². The van der Waals surface area contributed by atoms with Crippen LogP contribution < -0.4 is 0 Å². The zero-order valence-corrected chi connectivity index (χ0v) is 8.36. The molecule has 0 spiro atoms. The molecule has 0 atom stereocenters. The fourth-order valence-electron chi connectivity index (χ4n) is 1.36. The van der Waals surface area contributed by atoms with Crippen molar-refractivity contribution in [3.8, 4) is 0 Å². The van der Waals surface area contributed by atoms with Crippen molar-refractivity contribution in [1.82, 2.24) is 0 Å². The molecule has 0 aromatic heterocycles. The summed E-state index contributed by atoms with van der Waals surface area (Å²) in [5, 5.41) is 0. The molecule has 1 rings (SSSR count). The molecule has 1 heteroatoms. The molecule has 0 aliphatic heterocycles. The molecular formula is C9H13I. The average Bonchev–Trinajstić information content (AvgIpc) is 2.05. The molecule has 0 heterocycles. The maximum atomic E-state index is 3.77. The molecule has 1 saturated carbocycles. The summed E-state index contributed by atoms with van der Waals surface area (Å²) in [6.45, 7) is 3.77. The molecule has 0 bridgehead atoms. The fourth-order valence-corrected chi connectivity index (χ4v) is 1.90. The molecule has 0 nitrogen and oxygen atoms in total. The zero-order valence-electron chi connectivity index (χ0n) is 6.20. The van der Waals surface area contributed by atoms with Crippen molar-refractivity contribution >= 4 is 22.6 Å². The van der Waals surface area contributed by atoms with E-state index in [0.29, 0.717) is 0 Å². The molecule has 0 unspecified atom stereocenters. The largest absolute Gasteiger partial charge is 0.0980 e. The van der Waals surface area contributed by atoms with E-state index in [2.05, 4.69) is 29.2 Å². The van der Waals surface area contributed by atoms with Gasteiger partial charge in [0.2, 0.25) is 0 Å². The Labute approximate surface area is 76.5 Å². The lowest BCUT2D eigenvalue weighted by molar-refractivity contribution is 0.599.